The highest BCUT2D eigenvalue weighted by Crippen LogP contribution is 2.28. The summed E-state index contributed by atoms with van der Waals surface area (Å²) in [5.41, 5.74) is 0.620. The molecule has 0 atom stereocenters. The number of methoxy groups -OCH3 is 1. The van der Waals surface area contributed by atoms with Crippen molar-refractivity contribution in [2.75, 3.05) is 57.7 Å². The number of carbonyl (C=O) groups excluding carboxylic acids is 1. The molecule has 3 rings (SSSR count). The molecular formula is C25H34N6O7S2. The van der Waals surface area contributed by atoms with Gasteiger partial charge in [-0.3, -0.25) is 9.69 Å². The molecule has 1 aliphatic heterocycles. The average molecular weight is 595 g/mol. The van der Waals surface area contributed by atoms with E-state index in [0.29, 0.717) is 29.2 Å². The first-order valence-corrected chi connectivity index (χ1v) is 16.3. The lowest BCUT2D eigenvalue weighted by Crippen LogP contribution is -2.48. The van der Waals surface area contributed by atoms with Crippen LogP contribution in [0.2, 0.25) is 0 Å². The molecule has 1 saturated heterocycles. The Morgan fingerprint density at radius 3 is 2.42 bits per heavy atom. The normalized spacial score (nSPS) is 14.4. The Morgan fingerprint density at radius 2 is 1.82 bits per heavy atom. The summed E-state index contributed by atoms with van der Waals surface area (Å²) in [7, 11) is -6.60. The van der Waals surface area contributed by atoms with Gasteiger partial charge in [-0.2, -0.15) is 5.26 Å². The molecule has 218 valence electrons. The SMILES string of the molecule is COc1ccc(C(=O)NCc2cnc(C#N)nc2NCC(C)(S(C)(=O)=O)S(C)(=O)=O)cc1OCCN1CCCC1. The zero-order valence-electron chi connectivity index (χ0n) is 22.9. The van der Waals surface area contributed by atoms with Crippen LogP contribution in [-0.2, 0) is 26.2 Å². The number of benzene rings is 1. The minimum atomic E-state index is -4.06. The van der Waals surface area contributed by atoms with Gasteiger partial charge in [0.05, 0.1) is 7.11 Å². The van der Waals surface area contributed by atoms with Crippen molar-refractivity contribution >= 4 is 31.4 Å². The molecule has 0 unspecified atom stereocenters. The minimum absolute atomic E-state index is 0.0195. The summed E-state index contributed by atoms with van der Waals surface area (Å²) < 4.78 is 58.4. The monoisotopic (exact) mass is 594 g/mol. The van der Waals surface area contributed by atoms with E-state index in [1.165, 1.54) is 26.1 Å². The van der Waals surface area contributed by atoms with Crippen LogP contribution in [0.15, 0.2) is 24.4 Å². The van der Waals surface area contributed by atoms with E-state index in [4.69, 9.17) is 9.47 Å². The lowest BCUT2D eigenvalue weighted by molar-refractivity contribution is 0.0950. The summed E-state index contributed by atoms with van der Waals surface area (Å²) >= 11 is 0. The molecule has 0 bridgehead atoms. The number of carbonyl (C=O) groups is 1. The van der Waals surface area contributed by atoms with Gasteiger partial charge in [-0.15, -0.1) is 0 Å². The Bertz CT molecular complexity index is 1450. The predicted octanol–water partition coefficient (Wildman–Crippen LogP) is 0.979. The summed E-state index contributed by atoms with van der Waals surface area (Å²) in [6.45, 7) is 3.75. The molecule has 0 aliphatic carbocycles. The molecule has 1 aromatic carbocycles. The fraction of sp³-hybridized carbons (Fsp3) is 0.520. The third kappa shape index (κ3) is 7.38. The van der Waals surface area contributed by atoms with Crippen LogP contribution in [0.25, 0.3) is 0 Å². The largest absolute Gasteiger partial charge is 0.493 e. The van der Waals surface area contributed by atoms with Crippen LogP contribution in [0, 0.1) is 11.3 Å². The molecule has 0 spiro atoms. The van der Waals surface area contributed by atoms with E-state index in [9.17, 15) is 26.9 Å². The van der Waals surface area contributed by atoms with Crippen molar-refractivity contribution in [3.05, 3.63) is 41.3 Å². The highest BCUT2D eigenvalue weighted by molar-refractivity contribution is 8.09. The quantitative estimate of drug-likeness (QED) is 0.336. The number of hydrogen-bond acceptors (Lipinski definition) is 12. The second-order valence-corrected chi connectivity index (χ2v) is 14.8. The maximum atomic E-state index is 13.0. The van der Waals surface area contributed by atoms with Gasteiger partial charge in [-0.25, -0.2) is 26.8 Å². The minimum Gasteiger partial charge on any atom is -0.493 e. The lowest BCUT2D eigenvalue weighted by atomic mass is 10.2. The highest BCUT2D eigenvalue weighted by Gasteiger charge is 2.46. The Morgan fingerprint density at radius 1 is 1.15 bits per heavy atom. The van der Waals surface area contributed by atoms with Gasteiger partial charge in [-0.1, -0.05) is 0 Å². The van der Waals surface area contributed by atoms with Crippen LogP contribution in [-0.4, -0.2) is 94.1 Å². The molecule has 0 radical (unpaired) electrons. The second kappa shape index (κ2) is 12.8. The third-order valence-corrected chi connectivity index (χ3v) is 12.1. The van der Waals surface area contributed by atoms with Crippen LogP contribution in [0.4, 0.5) is 5.82 Å². The van der Waals surface area contributed by atoms with Crippen molar-refractivity contribution in [2.24, 2.45) is 0 Å². The van der Waals surface area contributed by atoms with Gasteiger partial charge in [0.15, 0.2) is 35.3 Å². The summed E-state index contributed by atoms with van der Waals surface area (Å²) in [6.07, 6.45) is 5.31. The van der Waals surface area contributed by atoms with E-state index in [-0.39, 0.29) is 18.2 Å². The number of nitrogens with zero attached hydrogens (tertiary/aromatic N) is 4. The number of aromatic nitrogens is 2. The lowest BCUT2D eigenvalue weighted by Gasteiger charge is -2.26. The van der Waals surface area contributed by atoms with Crippen molar-refractivity contribution in [1.29, 1.82) is 5.26 Å². The molecule has 2 aromatic rings. The van der Waals surface area contributed by atoms with E-state index < -0.39 is 36.2 Å². The predicted molar refractivity (Wildman–Crippen MR) is 149 cm³/mol. The van der Waals surface area contributed by atoms with Crippen LogP contribution in [0.1, 0.15) is 41.5 Å². The number of amides is 1. The van der Waals surface area contributed by atoms with E-state index >= 15 is 0 Å². The number of rotatable bonds is 13. The Hall–Kier alpha value is -3.48. The van der Waals surface area contributed by atoms with E-state index in [1.54, 1.807) is 24.3 Å². The molecule has 1 aliphatic rings. The Labute approximate surface area is 234 Å². The smallest absolute Gasteiger partial charge is 0.251 e. The summed E-state index contributed by atoms with van der Waals surface area (Å²) in [6, 6.07) is 6.58. The van der Waals surface area contributed by atoms with Gasteiger partial charge in [0.2, 0.25) is 5.82 Å². The fourth-order valence-corrected chi connectivity index (χ4v) is 6.89. The molecule has 2 heterocycles. The first-order chi connectivity index (χ1) is 18.8. The fourth-order valence-electron chi connectivity index (χ4n) is 4.02. The summed E-state index contributed by atoms with van der Waals surface area (Å²) in [5.74, 6) is 0.276. The van der Waals surface area contributed by atoms with Gasteiger partial charge < -0.3 is 20.1 Å². The van der Waals surface area contributed by atoms with Crippen molar-refractivity contribution in [3.8, 4) is 17.6 Å². The number of sulfone groups is 2. The molecule has 1 amide bonds. The van der Waals surface area contributed by atoms with Gasteiger partial charge in [0, 0.05) is 49.5 Å². The van der Waals surface area contributed by atoms with Crippen LogP contribution >= 0.6 is 0 Å². The van der Waals surface area contributed by atoms with Gasteiger partial charge in [0.25, 0.3) is 5.91 Å². The molecule has 13 nitrogen and oxygen atoms in total. The summed E-state index contributed by atoms with van der Waals surface area (Å²) in [5, 5.41) is 14.7. The number of hydrogen-bond donors (Lipinski definition) is 2. The molecule has 2 N–H and O–H groups in total. The van der Waals surface area contributed by atoms with Crippen molar-refractivity contribution in [2.45, 2.75) is 30.4 Å². The number of ether oxygens (including phenoxy) is 2. The van der Waals surface area contributed by atoms with E-state index in [0.717, 1.165) is 39.1 Å². The number of nitriles is 1. The second-order valence-electron chi connectivity index (χ2n) is 9.66. The molecule has 1 aromatic heterocycles. The van der Waals surface area contributed by atoms with Crippen LogP contribution in [0.5, 0.6) is 11.5 Å². The van der Waals surface area contributed by atoms with Crippen molar-refractivity contribution in [3.63, 3.8) is 0 Å². The molecular weight excluding hydrogens is 560 g/mol. The van der Waals surface area contributed by atoms with Crippen molar-refractivity contribution < 1.29 is 31.1 Å². The van der Waals surface area contributed by atoms with E-state index in [2.05, 4.69) is 25.5 Å². The van der Waals surface area contributed by atoms with Gasteiger partial charge >= 0.3 is 0 Å². The molecule has 0 saturated carbocycles. The van der Waals surface area contributed by atoms with E-state index in [1.807, 2.05) is 0 Å². The number of nitrogens with one attached hydrogen (secondary N) is 2. The average Bonchev–Trinajstić information content (AvgIpc) is 3.42. The Balaban J connectivity index is 1.74. The van der Waals surface area contributed by atoms with Crippen LogP contribution in [0.3, 0.4) is 0 Å². The van der Waals surface area contributed by atoms with Gasteiger partial charge in [-0.05, 0) is 51.1 Å². The van der Waals surface area contributed by atoms with Gasteiger partial charge in [0.1, 0.15) is 18.5 Å². The third-order valence-electron chi connectivity index (χ3n) is 6.84. The zero-order chi connectivity index (χ0) is 29.6. The molecule has 1 fully saturated rings. The van der Waals surface area contributed by atoms with Crippen molar-refractivity contribution in [1.82, 2.24) is 20.2 Å². The number of anilines is 1. The molecule has 40 heavy (non-hydrogen) atoms. The van der Waals surface area contributed by atoms with Crippen LogP contribution < -0.4 is 20.1 Å². The topological polar surface area (TPSA) is 181 Å². The first kappa shape index (κ1) is 31.1. The summed E-state index contributed by atoms with van der Waals surface area (Å²) in [4.78, 5) is 23.2. The Kier molecular flexibility index (Phi) is 9.93. The highest BCUT2D eigenvalue weighted by atomic mass is 32.3. The number of likely N-dealkylation sites (tertiary alicyclic amines) is 1. The maximum absolute atomic E-state index is 13.0. The first-order valence-electron chi connectivity index (χ1n) is 12.5. The maximum Gasteiger partial charge on any atom is 0.251 e. The molecule has 15 heteroatoms. The standard InChI is InChI=1S/C25H34N6O7S2/c1-25(39(3,33)34,40(4,35)36)17-29-23-19(15-27-22(14-26)30-23)16-28-24(32)18-7-8-20(37-2)21(13-18)38-12-11-31-9-5-6-10-31/h7-8,13,15H,5-6,9-12,16-17H2,1-4H3,(H,28,32)(H,27,29,30). The zero-order valence-corrected chi connectivity index (χ0v) is 24.6.